The molecule has 0 N–H and O–H groups in total. The van der Waals surface area contributed by atoms with Gasteiger partial charge in [-0.25, -0.2) is 0 Å². The molecule has 2 nitrogen and oxygen atoms in total. The molecule has 0 fully saturated rings. The van der Waals surface area contributed by atoms with Crippen LogP contribution in [0.1, 0.15) is 11.4 Å². The van der Waals surface area contributed by atoms with Crippen molar-refractivity contribution in [3.63, 3.8) is 0 Å². The lowest BCUT2D eigenvalue weighted by atomic mass is 10.3. The Morgan fingerprint density at radius 3 is 2.64 bits per heavy atom. The molecule has 1 aromatic rings. The zero-order chi connectivity index (χ0) is 10.8. The molecule has 6 heteroatoms. The van der Waals surface area contributed by atoms with E-state index in [2.05, 4.69) is 11.0 Å². The summed E-state index contributed by atoms with van der Waals surface area (Å²) in [6.07, 6.45) is 0.510. The molecule has 0 aromatic carbocycles. The quantitative estimate of drug-likeness (QED) is 0.555. The van der Waals surface area contributed by atoms with E-state index < -0.39 is 11.9 Å². The number of nitrogens with zero attached hydrogens (tertiary/aromatic N) is 2. The van der Waals surface area contributed by atoms with Crippen molar-refractivity contribution >= 4 is 11.6 Å². The summed E-state index contributed by atoms with van der Waals surface area (Å²) >= 11 is 5.43. The van der Waals surface area contributed by atoms with Crippen LogP contribution in [0.2, 0.25) is 0 Å². The Bertz CT molecular complexity index is 362. The van der Waals surface area contributed by atoms with E-state index in [0.717, 1.165) is 10.7 Å². The molecule has 0 saturated carbocycles. The molecule has 14 heavy (non-hydrogen) atoms. The highest BCUT2D eigenvalue weighted by Gasteiger charge is 2.34. The lowest BCUT2D eigenvalue weighted by Crippen LogP contribution is -2.08. The Labute approximate surface area is 83.7 Å². The van der Waals surface area contributed by atoms with Gasteiger partial charge in [0, 0.05) is 0 Å². The summed E-state index contributed by atoms with van der Waals surface area (Å²) < 4.78 is 37.6. The molecular weight excluding hydrogens is 217 g/mol. The Morgan fingerprint density at radius 2 is 2.21 bits per heavy atom. The summed E-state index contributed by atoms with van der Waals surface area (Å²) in [6, 6.07) is 0.893. The van der Waals surface area contributed by atoms with Crippen molar-refractivity contribution < 1.29 is 13.2 Å². The van der Waals surface area contributed by atoms with Gasteiger partial charge in [0.1, 0.15) is 6.54 Å². The Balaban J connectivity index is 3.08. The summed E-state index contributed by atoms with van der Waals surface area (Å²) in [6.45, 7) is -0.0157. The fraction of sp³-hybridized carbons (Fsp3) is 0.375. The van der Waals surface area contributed by atoms with Crippen LogP contribution in [0, 0.1) is 12.3 Å². The second-order valence-corrected chi connectivity index (χ2v) is 2.78. The summed E-state index contributed by atoms with van der Waals surface area (Å²) in [5.41, 5.74) is -0.708. The molecule has 1 heterocycles. The van der Waals surface area contributed by atoms with E-state index in [1.807, 2.05) is 0 Å². The maximum Gasteiger partial charge on any atom is 0.435 e. The third kappa shape index (κ3) is 2.20. The van der Waals surface area contributed by atoms with E-state index in [4.69, 9.17) is 18.0 Å². The first kappa shape index (κ1) is 10.9. The first-order chi connectivity index (χ1) is 6.49. The molecule has 0 amide bonds. The van der Waals surface area contributed by atoms with Crippen LogP contribution in [0.15, 0.2) is 6.07 Å². The van der Waals surface area contributed by atoms with Crippen molar-refractivity contribution in [2.75, 3.05) is 0 Å². The largest absolute Gasteiger partial charge is 0.435 e. The lowest BCUT2D eigenvalue weighted by molar-refractivity contribution is -0.141. The van der Waals surface area contributed by atoms with Crippen LogP contribution in [0.25, 0.3) is 0 Å². The predicted molar refractivity (Wildman–Crippen MR) is 45.6 cm³/mol. The molecule has 0 aliphatic heterocycles. The van der Waals surface area contributed by atoms with Gasteiger partial charge in [0.25, 0.3) is 0 Å². The van der Waals surface area contributed by atoms with Crippen molar-refractivity contribution in [1.29, 1.82) is 0 Å². The van der Waals surface area contributed by atoms with Crippen molar-refractivity contribution in [3.05, 3.63) is 17.5 Å². The van der Waals surface area contributed by atoms with Crippen LogP contribution >= 0.6 is 11.6 Å². The molecule has 0 aliphatic carbocycles. The number of alkyl halides is 4. The molecule has 1 aromatic heterocycles. The first-order valence-electron chi connectivity index (χ1n) is 3.62. The topological polar surface area (TPSA) is 17.8 Å². The maximum atomic E-state index is 12.2. The van der Waals surface area contributed by atoms with Crippen LogP contribution in [-0.2, 0) is 18.6 Å². The van der Waals surface area contributed by atoms with E-state index in [-0.39, 0.29) is 18.1 Å². The molecule has 76 valence electrons. The number of hydrogen-bond donors (Lipinski definition) is 0. The van der Waals surface area contributed by atoms with Gasteiger partial charge in [0.2, 0.25) is 0 Å². The zero-order valence-corrected chi connectivity index (χ0v) is 7.73. The number of aromatic nitrogens is 2. The van der Waals surface area contributed by atoms with Crippen molar-refractivity contribution in [1.82, 2.24) is 9.78 Å². The summed E-state index contributed by atoms with van der Waals surface area (Å²) in [4.78, 5) is 0. The average molecular weight is 223 g/mol. The normalized spacial score (nSPS) is 11.4. The minimum atomic E-state index is -4.46. The van der Waals surface area contributed by atoms with E-state index >= 15 is 0 Å². The minimum Gasteiger partial charge on any atom is -0.256 e. The predicted octanol–water partition coefficient (Wildman–Crippen LogP) is 2.27. The number of hydrogen-bond acceptors (Lipinski definition) is 1. The summed E-state index contributed by atoms with van der Waals surface area (Å²) in [5, 5.41) is 3.31. The van der Waals surface area contributed by atoms with Crippen LogP contribution in [0.3, 0.4) is 0 Å². The highest BCUT2D eigenvalue weighted by atomic mass is 35.5. The van der Waals surface area contributed by atoms with Gasteiger partial charge in [-0.1, -0.05) is 5.92 Å². The summed E-state index contributed by atoms with van der Waals surface area (Å²) in [5.74, 6) is 2.15. The SMILES string of the molecule is C#CCn1nc(C(F)(F)F)cc1CCl. The minimum absolute atomic E-state index is 0.0157. The molecule has 0 unspecified atom stereocenters. The van der Waals surface area contributed by atoms with Crippen LogP contribution < -0.4 is 0 Å². The molecule has 0 bridgehead atoms. The monoisotopic (exact) mass is 222 g/mol. The number of rotatable bonds is 2. The Kier molecular flexibility index (Phi) is 3.06. The van der Waals surface area contributed by atoms with E-state index in [0.29, 0.717) is 0 Å². The molecule has 1 rings (SSSR count). The molecule has 0 atom stereocenters. The fourth-order valence-corrected chi connectivity index (χ4v) is 1.14. The fourth-order valence-electron chi connectivity index (χ4n) is 0.925. The number of terminal acetylenes is 1. The van der Waals surface area contributed by atoms with Crippen LogP contribution in [-0.4, -0.2) is 9.78 Å². The lowest BCUT2D eigenvalue weighted by Gasteiger charge is -2.00. The van der Waals surface area contributed by atoms with Crippen molar-refractivity contribution in [2.45, 2.75) is 18.6 Å². The first-order valence-corrected chi connectivity index (χ1v) is 4.16. The smallest absolute Gasteiger partial charge is 0.256 e. The van der Waals surface area contributed by atoms with Gasteiger partial charge in [0.05, 0.1) is 11.6 Å². The van der Waals surface area contributed by atoms with Crippen LogP contribution in [0.4, 0.5) is 13.2 Å². The molecule has 0 saturated heterocycles. The number of halogens is 4. The Hall–Kier alpha value is -1.15. The third-order valence-corrected chi connectivity index (χ3v) is 1.81. The van der Waals surface area contributed by atoms with Crippen molar-refractivity contribution in [2.24, 2.45) is 0 Å². The van der Waals surface area contributed by atoms with Crippen molar-refractivity contribution in [3.8, 4) is 12.3 Å². The van der Waals surface area contributed by atoms with Gasteiger partial charge in [-0.2, -0.15) is 18.3 Å². The maximum absolute atomic E-state index is 12.2. The van der Waals surface area contributed by atoms with Gasteiger partial charge in [0.15, 0.2) is 5.69 Å². The second kappa shape index (κ2) is 3.93. The molecular formula is C8H6ClF3N2. The molecule has 0 radical (unpaired) electrons. The second-order valence-electron chi connectivity index (χ2n) is 2.51. The van der Waals surface area contributed by atoms with Crippen LogP contribution in [0.5, 0.6) is 0 Å². The average Bonchev–Trinajstić information content (AvgIpc) is 2.47. The molecule has 0 spiro atoms. The van der Waals surface area contributed by atoms with E-state index in [9.17, 15) is 13.2 Å². The molecule has 0 aliphatic rings. The highest BCUT2D eigenvalue weighted by molar-refractivity contribution is 6.16. The van der Waals surface area contributed by atoms with Gasteiger partial charge < -0.3 is 0 Å². The van der Waals surface area contributed by atoms with Gasteiger partial charge in [-0.05, 0) is 6.07 Å². The van der Waals surface area contributed by atoms with Gasteiger partial charge in [-0.3, -0.25) is 4.68 Å². The Morgan fingerprint density at radius 1 is 1.57 bits per heavy atom. The third-order valence-electron chi connectivity index (χ3n) is 1.53. The van der Waals surface area contributed by atoms with Gasteiger partial charge >= 0.3 is 6.18 Å². The van der Waals surface area contributed by atoms with E-state index in [1.54, 1.807) is 0 Å². The zero-order valence-electron chi connectivity index (χ0n) is 6.98. The van der Waals surface area contributed by atoms with Gasteiger partial charge in [-0.15, -0.1) is 18.0 Å². The van der Waals surface area contributed by atoms with E-state index in [1.165, 1.54) is 0 Å². The highest BCUT2D eigenvalue weighted by Crippen LogP contribution is 2.28. The standard InChI is InChI=1S/C8H6ClF3N2/c1-2-3-14-6(5-9)4-7(13-14)8(10,11)12/h1,4H,3,5H2. The summed E-state index contributed by atoms with van der Waals surface area (Å²) in [7, 11) is 0.